The van der Waals surface area contributed by atoms with Gasteiger partial charge in [-0.15, -0.1) is 0 Å². The molecular formula is C23H29N5O5S. The number of carbonyl (C=O) groups is 1. The first-order valence-corrected chi connectivity index (χ1v) is 12.4. The van der Waals surface area contributed by atoms with Gasteiger partial charge in [-0.2, -0.15) is 0 Å². The first-order chi connectivity index (χ1) is 15.7. The van der Waals surface area contributed by atoms with Crippen LogP contribution >= 0.6 is 0 Å². The molecule has 3 rings (SSSR count). The number of anilines is 1. The summed E-state index contributed by atoms with van der Waals surface area (Å²) in [6.45, 7) is 11.4. The highest BCUT2D eigenvalue weighted by atomic mass is 32.2. The fraction of sp³-hybridized carbons (Fsp3) is 0.391. The van der Waals surface area contributed by atoms with Crippen molar-refractivity contribution in [2.24, 2.45) is 11.1 Å². The predicted octanol–water partition coefficient (Wildman–Crippen LogP) is 2.38. The number of pyridine rings is 1. The average Bonchev–Trinajstić information content (AvgIpc) is 2.72. The van der Waals surface area contributed by atoms with Crippen LogP contribution in [0.2, 0.25) is 0 Å². The highest BCUT2D eigenvalue weighted by molar-refractivity contribution is 7.89. The number of nitrogens with one attached hydrogen (secondary N) is 2. The Balaban J connectivity index is 2.28. The number of primary sulfonamides is 1. The van der Waals surface area contributed by atoms with Crippen molar-refractivity contribution in [3.8, 4) is 0 Å². The summed E-state index contributed by atoms with van der Waals surface area (Å²) >= 11 is 0. The zero-order chi connectivity index (χ0) is 25.5. The maximum absolute atomic E-state index is 13.4. The molecular weight excluding hydrogens is 458 g/mol. The Kier molecular flexibility index (Phi) is 6.81. The van der Waals surface area contributed by atoms with E-state index in [2.05, 4.69) is 15.3 Å². The number of aromatic amines is 1. The number of fused-ring (bicyclic) bond motifs is 1. The molecule has 2 heterocycles. The molecule has 1 aromatic carbocycles. The predicted molar refractivity (Wildman–Crippen MR) is 131 cm³/mol. The second-order valence-corrected chi connectivity index (χ2v) is 10.7. The molecule has 0 spiro atoms. The maximum atomic E-state index is 13.4. The van der Waals surface area contributed by atoms with Crippen LogP contribution in [0, 0.1) is 19.8 Å². The summed E-state index contributed by atoms with van der Waals surface area (Å²) in [5.74, 6) is -0.642. The molecule has 0 atom stereocenters. The second-order valence-electron chi connectivity index (χ2n) is 9.12. The van der Waals surface area contributed by atoms with Gasteiger partial charge in [0.15, 0.2) is 5.65 Å². The molecule has 0 radical (unpaired) electrons. The van der Waals surface area contributed by atoms with Gasteiger partial charge in [0.25, 0.3) is 11.5 Å². The molecule has 3 aromatic rings. The average molecular weight is 488 g/mol. The number of sulfonamides is 1. The number of hydrogen-bond acceptors (Lipinski definition) is 6. The minimum atomic E-state index is -4.00. The van der Waals surface area contributed by atoms with Crippen LogP contribution in [-0.2, 0) is 16.6 Å². The fourth-order valence-corrected chi connectivity index (χ4v) is 4.24. The standard InChI is InChI=1S/C23H29N5O5S/c1-11(2)10-28-20-19(22(30)27-23(28)31)16(9-17(25-20)12(3)4)21(29)26-18-8-15(34(24,32)33)7-13(5)14(18)6/h7-9,11-12H,10H2,1-6H3,(H,26,29)(H2,24,32,33)(H,27,30,31). The highest BCUT2D eigenvalue weighted by Gasteiger charge is 2.22. The summed E-state index contributed by atoms with van der Waals surface area (Å²) in [4.78, 5) is 45.5. The van der Waals surface area contributed by atoms with Crippen molar-refractivity contribution >= 4 is 32.7 Å². The van der Waals surface area contributed by atoms with Crippen molar-refractivity contribution in [2.45, 2.75) is 58.9 Å². The molecule has 182 valence electrons. The van der Waals surface area contributed by atoms with Crippen LogP contribution < -0.4 is 21.7 Å². The minimum Gasteiger partial charge on any atom is -0.322 e. The molecule has 0 unspecified atom stereocenters. The Morgan fingerprint density at radius 1 is 1.15 bits per heavy atom. The van der Waals surface area contributed by atoms with E-state index in [0.29, 0.717) is 23.4 Å². The van der Waals surface area contributed by atoms with Gasteiger partial charge in [0.05, 0.1) is 15.8 Å². The molecule has 4 N–H and O–H groups in total. The van der Waals surface area contributed by atoms with Crippen LogP contribution in [0.4, 0.5) is 5.69 Å². The van der Waals surface area contributed by atoms with E-state index in [1.54, 1.807) is 13.8 Å². The fourth-order valence-electron chi connectivity index (χ4n) is 3.61. The van der Waals surface area contributed by atoms with Gasteiger partial charge < -0.3 is 5.32 Å². The lowest BCUT2D eigenvalue weighted by molar-refractivity contribution is 0.102. The van der Waals surface area contributed by atoms with Gasteiger partial charge in [0.2, 0.25) is 10.0 Å². The van der Waals surface area contributed by atoms with Crippen molar-refractivity contribution in [3.63, 3.8) is 0 Å². The first kappa shape index (κ1) is 25.3. The molecule has 10 nitrogen and oxygen atoms in total. The molecule has 0 bridgehead atoms. The number of nitrogens with zero attached hydrogens (tertiary/aromatic N) is 2. The lowest BCUT2D eigenvalue weighted by atomic mass is 10.0. The molecule has 0 saturated heterocycles. The number of aromatic nitrogens is 3. The van der Waals surface area contributed by atoms with E-state index in [1.165, 1.54) is 22.8 Å². The van der Waals surface area contributed by atoms with Gasteiger partial charge in [0, 0.05) is 17.9 Å². The Bertz CT molecular complexity index is 1520. The maximum Gasteiger partial charge on any atom is 0.330 e. The van der Waals surface area contributed by atoms with Crippen LogP contribution in [0.1, 0.15) is 60.8 Å². The number of aryl methyl sites for hydroxylation is 1. The SMILES string of the molecule is Cc1cc(S(N)(=O)=O)cc(NC(=O)c2cc(C(C)C)nc3c2c(=O)[nH]c(=O)n3CC(C)C)c1C. The van der Waals surface area contributed by atoms with E-state index in [0.717, 1.165) is 0 Å². The van der Waals surface area contributed by atoms with Crippen molar-refractivity contribution in [3.05, 3.63) is 61.4 Å². The highest BCUT2D eigenvalue weighted by Crippen LogP contribution is 2.26. The van der Waals surface area contributed by atoms with Crippen LogP contribution in [0.3, 0.4) is 0 Å². The summed E-state index contributed by atoms with van der Waals surface area (Å²) in [5, 5.41) is 7.98. The molecule has 0 fully saturated rings. The monoisotopic (exact) mass is 487 g/mol. The number of amides is 1. The van der Waals surface area contributed by atoms with Crippen LogP contribution in [-0.4, -0.2) is 28.9 Å². The van der Waals surface area contributed by atoms with Crippen LogP contribution in [0.25, 0.3) is 11.0 Å². The quantitative estimate of drug-likeness (QED) is 0.484. The molecule has 34 heavy (non-hydrogen) atoms. The van der Waals surface area contributed by atoms with E-state index in [9.17, 15) is 22.8 Å². The number of benzene rings is 1. The third-order valence-corrected chi connectivity index (χ3v) is 6.46. The van der Waals surface area contributed by atoms with Gasteiger partial charge in [-0.25, -0.2) is 23.3 Å². The van der Waals surface area contributed by atoms with Gasteiger partial charge in [-0.05, 0) is 55.0 Å². The number of rotatable bonds is 6. The van der Waals surface area contributed by atoms with Gasteiger partial charge in [0.1, 0.15) is 0 Å². The zero-order valence-electron chi connectivity index (χ0n) is 20.0. The normalized spacial score (nSPS) is 12.0. The second kappa shape index (κ2) is 9.15. The lowest BCUT2D eigenvalue weighted by Crippen LogP contribution is -2.33. The van der Waals surface area contributed by atoms with Crippen molar-refractivity contribution < 1.29 is 13.2 Å². The van der Waals surface area contributed by atoms with E-state index < -0.39 is 27.2 Å². The Morgan fingerprint density at radius 3 is 2.35 bits per heavy atom. The molecule has 11 heteroatoms. The van der Waals surface area contributed by atoms with Gasteiger partial charge >= 0.3 is 5.69 Å². The number of hydrogen-bond donors (Lipinski definition) is 3. The summed E-state index contributed by atoms with van der Waals surface area (Å²) in [5.41, 5.74) is 0.887. The van der Waals surface area contributed by atoms with Gasteiger partial charge in [-0.1, -0.05) is 27.7 Å². The molecule has 0 aliphatic heterocycles. The summed E-state index contributed by atoms with van der Waals surface area (Å²) < 4.78 is 25.1. The summed E-state index contributed by atoms with van der Waals surface area (Å²) in [6.07, 6.45) is 0. The van der Waals surface area contributed by atoms with Gasteiger partial charge in [-0.3, -0.25) is 19.1 Å². The smallest absolute Gasteiger partial charge is 0.322 e. The van der Waals surface area contributed by atoms with Crippen molar-refractivity contribution in [1.29, 1.82) is 0 Å². The van der Waals surface area contributed by atoms with E-state index in [1.807, 2.05) is 27.7 Å². The number of nitrogens with two attached hydrogens (primary N) is 1. The number of carbonyl (C=O) groups excluding carboxylic acids is 1. The largest absolute Gasteiger partial charge is 0.330 e. The van der Waals surface area contributed by atoms with Crippen LogP contribution in [0.5, 0.6) is 0 Å². The molecule has 0 aliphatic carbocycles. The number of H-pyrrole nitrogens is 1. The zero-order valence-corrected chi connectivity index (χ0v) is 20.8. The molecule has 1 amide bonds. The Morgan fingerprint density at radius 2 is 1.79 bits per heavy atom. The third-order valence-electron chi connectivity index (χ3n) is 5.57. The molecule has 0 saturated carbocycles. The van der Waals surface area contributed by atoms with E-state index >= 15 is 0 Å². The first-order valence-electron chi connectivity index (χ1n) is 10.8. The van der Waals surface area contributed by atoms with Crippen LogP contribution in [0.15, 0.2) is 32.7 Å². The van der Waals surface area contributed by atoms with Crippen molar-refractivity contribution in [1.82, 2.24) is 14.5 Å². The topological polar surface area (TPSA) is 157 Å². The molecule has 0 aliphatic rings. The lowest BCUT2D eigenvalue weighted by Gasteiger charge is -2.17. The molecule has 2 aromatic heterocycles. The minimum absolute atomic E-state index is 0.0147. The third kappa shape index (κ3) is 4.95. The van der Waals surface area contributed by atoms with E-state index in [-0.39, 0.29) is 39.0 Å². The Hall–Kier alpha value is -3.31. The summed E-state index contributed by atoms with van der Waals surface area (Å²) in [7, 11) is -4.00. The Labute approximate surface area is 197 Å². The summed E-state index contributed by atoms with van der Waals surface area (Å²) in [6, 6.07) is 4.23. The van der Waals surface area contributed by atoms with Crippen molar-refractivity contribution in [2.75, 3.05) is 5.32 Å². The van der Waals surface area contributed by atoms with E-state index in [4.69, 9.17) is 5.14 Å².